The summed E-state index contributed by atoms with van der Waals surface area (Å²) in [5.74, 6) is 0.367. The van der Waals surface area contributed by atoms with E-state index in [2.05, 4.69) is 15.4 Å². The van der Waals surface area contributed by atoms with Crippen molar-refractivity contribution in [1.29, 1.82) is 0 Å². The SMILES string of the molecule is Cc1c(F)ccc(Cl)c1[C@@H](C)Oc1cc(-c2cnn(C3CCNCC3)c2)cnc1N. The molecule has 8 heteroatoms. The van der Waals surface area contributed by atoms with Gasteiger partial charge in [0.25, 0.3) is 0 Å². The van der Waals surface area contributed by atoms with E-state index in [4.69, 9.17) is 22.1 Å². The standard InChI is InChI=1S/C22H25ClFN5O/c1-13-19(24)4-3-18(23)21(13)14(2)30-20-9-15(10-27-22(20)25)16-11-28-29(12-16)17-5-7-26-8-6-17/h3-4,9-12,14,17,26H,5-8H2,1-2H3,(H2,25,27)/t14-/m1/s1. The second-order valence-electron chi connectivity index (χ2n) is 7.63. The lowest BCUT2D eigenvalue weighted by Gasteiger charge is -2.22. The van der Waals surface area contributed by atoms with Crippen LogP contribution in [0.2, 0.25) is 5.02 Å². The molecule has 0 radical (unpaired) electrons. The fourth-order valence-corrected chi connectivity index (χ4v) is 4.24. The Balaban J connectivity index is 1.58. The van der Waals surface area contributed by atoms with Crippen LogP contribution in [0.4, 0.5) is 10.2 Å². The maximum absolute atomic E-state index is 14.0. The molecule has 0 spiro atoms. The number of ether oxygens (including phenoxy) is 1. The lowest BCUT2D eigenvalue weighted by Crippen LogP contribution is -2.29. The van der Waals surface area contributed by atoms with Crippen molar-refractivity contribution < 1.29 is 9.13 Å². The number of hydrogen-bond donors (Lipinski definition) is 2. The number of halogens is 2. The molecule has 0 amide bonds. The molecule has 3 heterocycles. The van der Waals surface area contributed by atoms with Crippen LogP contribution in [0, 0.1) is 12.7 Å². The smallest absolute Gasteiger partial charge is 0.166 e. The second kappa shape index (κ2) is 8.62. The highest BCUT2D eigenvalue weighted by Gasteiger charge is 2.20. The van der Waals surface area contributed by atoms with Gasteiger partial charge in [-0.1, -0.05) is 11.6 Å². The molecule has 0 bridgehead atoms. The zero-order valence-electron chi connectivity index (χ0n) is 17.0. The Morgan fingerprint density at radius 1 is 1.27 bits per heavy atom. The number of benzene rings is 1. The molecule has 0 saturated carbocycles. The van der Waals surface area contributed by atoms with E-state index in [1.807, 2.05) is 30.1 Å². The largest absolute Gasteiger partial charge is 0.482 e. The Labute approximate surface area is 180 Å². The van der Waals surface area contributed by atoms with Gasteiger partial charge in [0.2, 0.25) is 0 Å². The summed E-state index contributed by atoms with van der Waals surface area (Å²) >= 11 is 6.30. The number of anilines is 1. The lowest BCUT2D eigenvalue weighted by atomic mass is 10.0. The summed E-state index contributed by atoms with van der Waals surface area (Å²) in [6.07, 6.45) is 7.18. The first kappa shape index (κ1) is 20.6. The summed E-state index contributed by atoms with van der Waals surface area (Å²) in [5.41, 5.74) is 8.91. The first-order chi connectivity index (χ1) is 14.4. The van der Waals surface area contributed by atoms with Crippen LogP contribution in [0.1, 0.15) is 43.0 Å². The quantitative estimate of drug-likeness (QED) is 0.615. The molecule has 4 rings (SSSR count). The number of nitrogen functional groups attached to an aromatic ring is 1. The summed E-state index contributed by atoms with van der Waals surface area (Å²) in [5, 5.41) is 8.36. The van der Waals surface area contributed by atoms with Gasteiger partial charge in [0, 0.05) is 34.1 Å². The summed E-state index contributed by atoms with van der Waals surface area (Å²) in [6, 6.07) is 5.12. The molecule has 1 aliphatic heterocycles. The lowest BCUT2D eigenvalue weighted by molar-refractivity contribution is 0.226. The van der Waals surface area contributed by atoms with Gasteiger partial charge in [-0.3, -0.25) is 4.68 Å². The zero-order chi connectivity index (χ0) is 21.3. The molecule has 3 N–H and O–H groups in total. The summed E-state index contributed by atoms with van der Waals surface area (Å²) in [4.78, 5) is 4.29. The molecule has 1 aliphatic rings. The molecule has 1 fully saturated rings. The van der Waals surface area contributed by atoms with Crippen molar-refractivity contribution in [3.8, 4) is 16.9 Å². The monoisotopic (exact) mass is 429 g/mol. The Bertz CT molecular complexity index is 1050. The van der Waals surface area contributed by atoms with E-state index >= 15 is 0 Å². The van der Waals surface area contributed by atoms with Crippen LogP contribution in [0.5, 0.6) is 5.75 Å². The van der Waals surface area contributed by atoms with Crippen molar-refractivity contribution in [2.75, 3.05) is 18.8 Å². The van der Waals surface area contributed by atoms with Crippen molar-refractivity contribution >= 4 is 17.4 Å². The third kappa shape index (κ3) is 4.13. The van der Waals surface area contributed by atoms with Gasteiger partial charge in [0.15, 0.2) is 11.6 Å². The minimum Gasteiger partial charge on any atom is -0.482 e. The van der Waals surface area contributed by atoms with Gasteiger partial charge in [-0.05, 0) is 63.5 Å². The van der Waals surface area contributed by atoms with Gasteiger partial charge in [-0.25, -0.2) is 9.37 Å². The van der Waals surface area contributed by atoms with Crippen molar-refractivity contribution in [1.82, 2.24) is 20.1 Å². The predicted molar refractivity (Wildman–Crippen MR) is 116 cm³/mol. The van der Waals surface area contributed by atoms with Crippen LogP contribution < -0.4 is 15.8 Å². The molecule has 2 aromatic heterocycles. The third-order valence-electron chi connectivity index (χ3n) is 5.61. The summed E-state index contributed by atoms with van der Waals surface area (Å²) in [6.45, 7) is 5.50. The Kier molecular flexibility index (Phi) is 5.92. The summed E-state index contributed by atoms with van der Waals surface area (Å²) < 4.78 is 22.1. The molecule has 1 atom stereocenters. The first-order valence-corrected chi connectivity index (χ1v) is 10.4. The van der Waals surface area contributed by atoms with Crippen LogP contribution >= 0.6 is 11.6 Å². The van der Waals surface area contributed by atoms with Gasteiger partial charge in [-0.2, -0.15) is 5.10 Å². The highest BCUT2D eigenvalue weighted by Crippen LogP contribution is 2.35. The van der Waals surface area contributed by atoms with Gasteiger partial charge >= 0.3 is 0 Å². The zero-order valence-corrected chi connectivity index (χ0v) is 17.8. The number of nitrogens with zero attached hydrogens (tertiary/aromatic N) is 3. The predicted octanol–water partition coefficient (Wildman–Crippen LogP) is 4.69. The maximum Gasteiger partial charge on any atom is 0.166 e. The molecule has 158 valence electrons. The molecule has 3 aromatic rings. The average molecular weight is 430 g/mol. The van der Waals surface area contributed by atoms with Gasteiger partial charge in [0.1, 0.15) is 11.9 Å². The first-order valence-electron chi connectivity index (χ1n) is 10.1. The van der Waals surface area contributed by atoms with Crippen LogP contribution in [0.25, 0.3) is 11.1 Å². The fraction of sp³-hybridized carbons (Fsp3) is 0.364. The minimum absolute atomic E-state index is 0.265. The molecular formula is C22H25ClFN5O. The number of piperidine rings is 1. The van der Waals surface area contributed by atoms with E-state index in [0.717, 1.165) is 37.1 Å². The Morgan fingerprint density at radius 2 is 2.03 bits per heavy atom. The van der Waals surface area contributed by atoms with Crippen LogP contribution in [-0.4, -0.2) is 27.9 Å². The van der Waals surface area contributed by atoms with Crippen LogP contribution in [0.15, 0.2) is 36.8 Å². The van der Waals surface area contributed by atoms with Crippen LogP contribution in [0.3, 0.4) is 0 Å². The fourth-order valence-electron chi connectivity index (χ4n) is 3.88. The number of nitrogens with two attached hydrogens (primary N) is 1. The topological polar surface area (TPSA) is 78.0 Å². The number of pyridine rings is 1. The van der Waals surface area contributed by atoms with E-state index < -0.39 is 6.10 Å². The van der Waals surface area contributed by atoms with Crippen LogP contribution in [-0.2, 0) is 0 Å². The minimum atomic E-state index is -0.495. The van der Waals surface area contributed by atoms with Crippen molar-refractivity contribution in [2.24, 2.45) is 0 Å². The number of rotatable bonds is 5. The van der Waals surface area contributed by atoms with E-state index in [-0.39, 0.29) is 11.6 Å². The molecule has 6 nitrogen and oxygen atoms in total. The third-order valence-corrected chi connectivity index (χ3v) is 5.93. The second-order valence-corrected chi connectivity index (χ2v) is 8.03. The Hall–Kier alpha value is -2.64. The number of hydrogen-bond acceptors (Lipinski definition) is 5. The van der Waals surface area contributed by atoms with Crippen molar-refractivity contribution in [3.05, 3.63) is 58.8 Å². The number of aromatic nitrogens is 3. The van der Waals surface area contributed by atoms with Gasteiger partial charge < -0.3 is 15.8 Å². The Morgan fingerprint density at radius 3 is 2.80 bits per heavy atom. The maximum atomic E-state index is 14.0. The van der Waals surface area contributed by atoms with Gasteiger partial charge in [0.05, 0.1) is 12.2 Å². The molecule has 0 aliphatic carbocycles. The molecule has 1 aromatic carbocycles. The normalized spacial score (nSPS) is 15.9. The summed E-state index contributed by atoms with van der Waals surface area (Å²) in [7, 11) is 0. The molecule has 30 heavy (non-hydrogen) atoms. The van der Waals surface area contributed by atoms with E-state index in [9.17, 15) is 4.39 Å². The number of nitrogens with one attached hydrogen (secondary N) is 1. The highest BCUT2D eigenvalue weighted by atomic mass is 35.5. The van der Waals surface area contributed by atoms with E-state index in [1.54, 1.807) is 13.1 Å². The van der Waals surface area contributed by atoms with E-state index in [0.29, 0.717) is 27.9 Å². The van der Waals surface area contributed by atoms with Crippen molar-refractivity contribution in [3.63, 3.8) is 0 Å². The average Bonchev–Trinajstić information content (AvgIpc) is 3.24. The molecular weight excluding hydrogens is 405 g/mol. The van der Waals surface area contributed by atoms with Gasteiger partial charge in [-0.15, -0.1) is 0 Å². The van der Waals surface area contributed by atoms with E-state index in [1.165, 1.54) is 12.1 Å². The molecule has 1 saturated heterocycles. The highest BCUT2D eigenvalue weighted by molar-refractivity contribution is 6.31. The molecule has 0 unspecified atom stereocenters. The van der Waals surface area contributed by atoms with Crippen molar-refractivity contribution in [2.45, 2.75) is 38.8 Å².